The number of benzene rings is 1. The van der Waals surface area contributed by atoms with Crippen molar-refractivity contribution in [3.63, 3.8) is 0 Å². The van der Waals surface area contributed by atoms with Crippen LogP contribution in [0, 0.1) is 0 Å². The Bertz CT molecular complexity index is 952. The van der Waals surface area contributed by atoms with Crippen molar-refractivity contribution in [1.29, 1.82) is 0 Å². The topological polar surface area (TPSA) is 77.3 Å². The van der Waals surface area contributed by atoms with Crippen LogP contribution in [0.3, 0.4) is 0 Å². The average Bonchev–Trinajstić information content (AvgIpc) is 3.10. The van der Waals surface area contributed by atoms with Gasteiger partial charge in [-0.15, -0.1) is 5.10 Å². The van der Waals surface area contributed by atoms with Crippen molar-refractivity contribution in [2.45, 2.75) is 38.0 Å². The summed E-state index contributed by atoms with van der Waals surface area (Å²) >= 11 is 6.25. The van der Waals surface area contributed by atoms with Crippen molar-refractivity contribution in [2.24, 2.45) is 0 Å². The SMILES string of the molecule is CS(=O)(=O)CCn1cc(CN2CCC3(CC2)OCCc2ccc(Cl)cc23)nn1. The van der Waals surface area contributed by atoms with E-state index in [9.17, 15) is 8.42 Å². The van der Waals surface area contributed by atoms with Crippen LogP contribution in [0.1, 0.15) is 29.7 Å². The number of hydrogen-bond donors (Lipinski definition) is 0. The molecular formula is C19H25ClN4O3S. The standard InChI is InChI=1S/C19H25ClN4O3S/c1-28(25,26)11-9-24-14-17(21-22-24)13-23-7-5-19(6-8-23)18-12-16(20)3-2-15(18)4-10-27-19/h2-3,12,14H,4-11,13H2,1H3. The van der Waals surface area contributed by atoms with E-state index in [1.165, 1.54) is 17.4 Å². The number of sulfone groups is 1. The predicted molar refractivity (Wildman–Crippen MR) is 107 cm³/mol. The Labute approximate surface area is 170 Å². The van der Waals surface area contributed by atoms with E-state index >= 15 is 0 Å². The van der Waals surface area contributed by atoms with Gasteiger partial charge in [0.25, 0.3) is 0 Å². The average molecular weight is 425 g/mol. The van der Waals surface area contributed by atoms with Crippen LogP contribution < -0.4 is 0 Å². The third kappa shape index (κ3) is 4.40. The van der Waals surface area contributed by atoms with E-state index in [1.807, 2.05) is 12.3 Å². The molecule has 2 aliphatic rings. The number of aryl methyl sites for hydroxylation is 1. The molecule has 0 unspecified atom stereocenters. The molecule has 0 atom stereocenters. The number of likely N-dealkylation sites (tertiary alicyclic amines) is 1. The van der Waals surface area contributed by atoms with Gasteiger partial charge in [-0.1, -0.05) is 22.9 Å². The Balaban J connectivity index is 1.38. The van der Waals surface area contributed by atoms with E-state index in [-0.39, 0.29) is 11.4 Å². The highest BCUT2D eigenvalue weighted by Gasteiger charge is 2.40. The Kier molecular flexibility index (Phi) is 5.48. The number of halogens is 1. The third-order valence-corrected chi connectivity index (χ3v) is 6.80. The molecule has 2 aliphatic heterocycles. The summed E-state index contributed by atoms with van der Waals surface area (Å²) in [5.74, 6) is 0.0708. The van der Waals surface area contributed by atoms with Gasteiger partial charge < -0.3 is 4.74 Å². The number of rotatable bonds is 5. The van der Waals surface area contributed by atoms with Gasteiger partial charge in [0.15, 0.2) is 0 Å². The van der Waals surface area contributed by atoms with Gasteiger partial charge in [0, 0.05) is 37.1 Å². The van der Waals surface area contributed by atoms with Crippen molar-refractivity contribution < 1.29 is 13.2 Å². The summed E-state index contributed by atoms with van der Waals surface area (Å²) < 4.78 is 30.5. The fraction of sp³-hybridized carbons (Fsp3) is 0.579. The second kappa shape index (κ2) is 7.74. The Morgan fingerprint density at radius 3 is 2.82 bits per heavy atom. The highest BCUT2D eigenvalue weighted by molar-refractivity contribution is 7.90. The number of ether oxygens (including phenoxy) is 1. The van der Waals surface area contributed by atoms with Crippen molar-refractivity contribution >= 4 is 21.4 Å². The minimum atomic E-state index is -3.01. The van der Waals surface area contributed by atoms with E-state index in [0.29, 0.717) is 13.1 Å². The lowest BCUT2D eigenvalue weighted by molar-refractivity contribution is -0.0990. The lowest BCUT2D eigenvalue weighted by atomic mass is 9.79. The monoisotopic (exact) mass is 424 g/mol. The molecule has 0 bridgehead atoms. The maximum absolute atomic E-state index is 11.3. The van der Waals surface area contributed by atoms with E-state index in [1.54, 1.807) is 4.68 Å². The number of fused-ring (bicyclic) bond motifs is 2. The molecule has 1 saturated heterocycles. The first-order valence-corrected chi connectivity index (χ1v) is 12.0. The normalized spacial score (nSPS) is 19.6. The van der Waals surface area contributed by atoms with Crippen molar-refractivity contribution in [2.75, 3.05) is 31.7 Å². The molecule has 1 aromatic heterocycles. The van der Waals surface area contributed by atoms with Gasteiger partial charge >= 0.3 is 0 Å². The fourth-order valence-electron chi connectivity index (χ4n) is 4.12. The van der Waals surface area contributed by atoms with Crippen molar-refractivity contribution in [3.05, 3.63) is 46.2 Å². The minimum Gasteiger partial charge on any atom is -0.370 e. The molecule has 1 spiro atoms. The molecule has 4 rings (SSSR count). The first kappa shape index (κ1) is 19.8. The van der Waals surface area contributed by atoms with Crippen molar-refractivity contribution in [1.82, 2.24) is 19.9 Å². The summed E-state index contributed by atoms with van der Waals surface area (Å²) in [4.78, 5) is 2.35. The van der Waals surface area contributed by atoms with Gasteiger partial charge in [-0.3, -0.25) is 9.58 Å². The minimum absolute atomic E-state index is 0.0708. The molecule has 1 fully saturated rings. The summed E-state index contributed by atoms with van der Waals surface area (Å²) in [6.07, 6.45) is 5.84. The molecule has 0 radical (unpaired) electrons. The molecule has 0 saturated carbocycles. The van der Waals surface area contributed by atoms with Crippen LogP contribution in [0.2, 0.25) is 5.02 Å². The van der Waals surface area contributed by atoms with Gasteiger partial charge in [0.1, 0.15) is 9.84 Å². The first-order chi connectivity index (χ1) is 13.3. The molecule has 0 aliphatic carbocycles. The van der Waals surface area contributed by atoms with Crippen LogP contribution in [0.4, 0.5) is 0 Å². The van der Waals surface area contributed by atoms with Crippen LogP contribution in [0.15, 0.2) is 24.4 Å². The predicted octanol–water partition coefficient (Wildman–Crippen LogP) is 2.04. The second-order valence-corrected chi connectivity index (χ2v) is 10.5. The molecular weight excluding hydrogens is 400 g/mol. The smallest absolute Gasteiger partial charge is 0.149 e. The maximum atomic E-state index is 11.3. The summed E-state index contributed by atoms with van der Waals surface area (Å²) in [6, 6.07) is 6.16. The zero-order valence-electron chi connectivity index (χ0n) is 16.0. The highest BCUT2D eigenvalue weighted by Crippen LogP contribution is 2.42. The Hall–Kier alpha value is -1.48. The third-order valence-electron chi connectivity index (χ3n) is 5.64. The summed E-state index contributed by atoms with van der Waals surface area (Å²) in [5.41, 5.74) is 3.22. The molecule has 152 valence electrons. The number of aromatic nitrogens is 3. The van der Waals surface area contributed by atoms with Crippen molar-refractivity contribution in [3.8, 4) is 0 Å². The van der Waals surface area contributed by atoms with E-state index in [2.05, 4.69) is 27.3 Å². The number of piperidine rings is 1. The second-order valence-electron chi connectivity index (χ2n) is 7.77. The molecule has 0 N–H and O–H groups in total. The van der Waals surface area contributed by atoms with Gasteiger partial charge in [-0.25, -0.2) is 8.42 Å². The molecule has 28 heavy (non-hydrogen) atoms. The van der Waals surface area contributed by atoms with Crippen LogP contribution in [-0.4, -0.2) is 60.0 Å². The van der Waals surface area contributed by atoms with E-state index in [4.69, 9.17) is 16.3 Å². The molecule has 2 aromatic rings. The molecule has 7 nitrogen and oxygen atoms in total. The highest BCUT2D eigenvalue weighted by atomic mass is 35.5. The zero-order chi connectivity index (χ0) is 19.8. The number of hydrogen-bond acceptors (Lipinski definition) is 6. The van der Waals surface area contributed by atoms with Gasteiger partial charge in [0.2, 0.25) is 0 Å². The lowest BCUT2D eigenvalue weighted by Crippen LogP contribution is -2.46. The van der Waals surface area contributed by atoms with Crippen LogP contribution >= 0.6 is 11.6 Å². The Morgan fingerprint density at radius 2 is 2.07 bits per heavy atom. The van der Waals surface area contributed by atoms with Gasteiger partial charge in [0.05, 0.1) is 30.2 Å². The number of nitrogens with zero attached hydrogens (tertiary/aromatic N) is 4. The quantitative estimate of drug-likeness (QED) is 0.731. The Morgan fingerprint density at radius 1 is 1.29 bits per heavy atom. The van der Waals surface area contributed by atoms with E-state index in [0.717, 1.165) is 49.7 Å². The first-order valence-electron chi connectivity index (χ1n) is 9.55. The van der Waals surface area contributed by atoms with Crippen LogP contribution in [-0.2, 0) is 39.7 Å². The van der Waals surface area contributed by atoms with Crippen LogP contribution in [0.5, 0.6) is 0 Å². The van der Waals surface area contributed by atoms with Crippen LogP contribution in [0.25, 0.3) is 0 Å². The van der Waals surface area contributed by atoms with E-state index < -0.39 is 9.84 Å². The fourth-order valence-corrected chi connectivity index (χ4v) is 4.81. The lowest BCUT2D eigenvalue weighted by Gasteiger charge is -2.45. The largest absolute Gasteiger partial charge is 0.370 e. The summed E-state index contributed by atoms with van der Waals surface area (Å²) in [5, 5.41) is 8.99. The molecule has 1 aromatic carbocycles. The summed E-state index contributed by atoms with van der Waals surface area (Å²) in [6.45, 7) is 3.60. The summed E-state index contributed by atoms with van der Waals surface area (Å²) in [7, 11) is -3.01. The van der Waals surface area contributed by atoms with Gasteiger partial charge in [-0.05, 0) is 42.5 Å². The zero-order valence-corrected chi connectivity index (χ0v) is 17.5. The molecule has 3 heterocycles. The molecule has 9 heteroatoms. The maximum Gasteiger partial charge on any atom is 0.149 e. The van der Waals surface area contributed by atoms with Gasteiger partial charge in [-0.2, -0.15) is 0 Å². The molecule has 0 amide bonds.